The van der Waals surface area contributed by atoms with Crippen LogP contribution < -0.4 is 5.32 Å². The second-order valence-electron chi connectivity index (χ2n) is 2.22. The second-order valence-corrected chi connectivity index (χ2v) is 3.66. The molecule has 0 aliphatic heterocycles. The predicted molar refractivity (Wildman–Crippen MR) is 49.5 cm³/mol. The van der Waals surface area contributed by atoms with Crippen molar-refractivity contribution in [2.24, 2.45) is 0 Å². The van der Waals surface area contributed by atoms with Crippen LogP contribution in [-0.4, -0.2) is 17.4 Å². The number of halogens is 1. The van der Waals surface area contributed by atoms with Crippen molar-refractivity contribution in [3.63, 3.8) is 0 Å². The Morgan fingerprint density at radius 3 is 3.08 bits per heavy atom. The van der Waals surface area contributed by atoms with Crippen LogP contribution in [-0.2, 0) is 11.2 Å². The standard InChI is InChI=1S/C7H9ClN2OS/c1-2-9-6(11)3-5-4-12-7(8)10-5/h4H,2-3H2,1H3,(H,9,11). The molecule has 0 spiro atoms. The van der Waals surface area contributed by atoms with E-state index in [4.69, 9.17) is 11.6 Å². The molecule has 0 aromatic carbocycles. The van der Waals surface area contributed by atoms with Crippen molar-refractivity contribution < 1.29 is 4.79 Å². The van der Waals surface area contributed by atoms with Crippen molar-refractivity contribution in [3.05, 3.63) is 15.5 Å². The molecular formula is C7H9ClN2OS. The van der Waals surface area contributed by atoms with E-state index >= 15 is 0 Å². The average molecular weight is 205 g/mol. The maximum atomic E-state index is 11.0. The first-order valence-corrected chi connectivity index (χ1v) is 4.84. The SMILES string of the molecule is CCNC(=O)Cc1csc(Cl)n1. The Morgan fingerprint density at radius 2 is 2.58 bits per heavy atom. The summed E-state index contributed by atoms with van der Waals surface area (Å²) in [5.74, 6) is -0.0144. The van der Waals surface area contributed by atoms with Gasteiger partial charge in [0.25, 0.3) is 0 Å². The number of carbonyl (C=O) groups is 1. The van der Waals surface area contributed by atoms with E-state index in [0.717, 1.165) is 5.69 Å². The third kappa shape index (κ3) is 2.79. The van der Waals surface area contributed by atoms with Crippen molar-refractivity contribution in [1.29, 1.82) is 0 Å². The topological polar surface area (TPSA) is 42.0 Å². The maximum Gasteiger partial charge on any atom is 0.226 e. The molecule has 5 heteroatoms. The van der Waals surface area contributed by atoms with Gasteiger partial charge in [-0.1, -0.05) is 11.6 Å². The lowest BCUT2D eigenvalue weighted by Gasteiger charge is -1.97. The lowest BCUT2D eigenvalue weighted by Crippen LogP contribution is -2.24. The monoisotopic (exact) mass is 204 g/mol. The van der Waals surface area contributed by atoms with Crippen molar-refractivity contribution in [1.82, 2.24) is 10.3 Å². The van der Waals surface area contributed by atoms with Crippen molar-refractivity contribution in [2.45, 2.75) is 13.3 Å². The zero-order valence-corrected chi connectivity index (χ0v) is 8.21. The van der Waals surface area contributed by atoms with Gasteiger partial charge in [0.05, 0.1) is 12.1 Å². The summed E-state index contributed by atoms with van der Waals surface area (Å²) in [5, 5.41) is 4.48. The van der Waals surface area contributed by atoms with E-state index in [1.165, 1.54) is 11.3 Å². The summed E-state index contributed by atoms with van der Waals surface area (Å²) >= 11 is 6.94. The highest BCUT2D eigenvalue weighted by molar-refractivity contribution is 7.13. The number of carbonyl (C=O) groups excluding carboxylic acids is 1. The second kappa shape index (κ2) is 4.42. The van der Waals surface area contributed by atoms with Gasteiger partial charge in [0.15, 0.2) is 4.47 Å². The van der Waals surface area contributed by atoms with Crippen LogP contribution in [0.2, 0.25) is 4.47 Å². The minimum atomic E-state index is -0.0144. The van der Waals surface area contributed by atoms with E-state index in [-0.39, 0.29) is 5.91 Å². The molecule has 0 unspecified atom stereocenters. The van der Waals surface area contributed by atoms with Gasteiger partial charge in [0, 0.05) is 11.9 Å². The number of amides is 1. The Morgan fingerprint density at radius 1 is 1.83 bits per heavy atom. The molecule has 1 rings (SSSR count). The van der Waals surface area contributed by atoms with Crippen LogP contribution in [0.5, 0.6) is 0 Å². The molecule has 1 aromatic heterocycles. The summed E-state index contributed by atoms with van der Waals surface area (Å²) in [6, 6.07) is 0. The third-order valence-electron chi connectivity index (χ3n) is 1.24. The van der Waals surface area contributed by atoms with Gasteiger partial charge in [0.2, 0.25) is 5.91 Å². The molecule has 0 saturated carbocycles. The molecule has 0 saturated heterocycles. The van der Waals surface area contributed by atoms with Crippen LogP contribution in [0.25, 0.3) is 0 Å². The van der Waals surface area contributed by atoms with Gasteiger partial charge in [-0.15, -0.1) is 11.3 Å². The molecule has 1 amide bonds. The Kier molecular flexibility index (Phi) is 3.49. The largest absolute Gasteiger partial charge is 0.356 e. The van der Waals surface area contributed by atoms with Gasteiger partial charge < -0.3 is 5.32 Å². The fourth-order valence-corrected chi connectivity index (χ4v) is 1.57. The molecule has 0 aliphatic carbocycles. The highest BCUT2D eigenvalue weighted by atomic mass is 35.5. The van der Waals surface area contributed by atoms with Gasteiger partial charge in [-0.25, -0.2) is 4.98 Å². The van der Waals surface area contributed by atoms with Gasteiger partial charge >= 0.3 is 0 Å². The Bertz CT molecular complexity index is 274. The zero-order chi connectivity index (χ0) is 8.97. The number of hydrogen-bond donors (Lipinski definition) is 1. The van der Waals surface area contributed by atoms with E-state index in [1.807, 2.05) is 6.92 Å². The first kappa shape index (κ1) is 9.48. The van der Waals surface area contributed by atoms with Crippen LogP contribution in [0.15, 0.2) is 5.38 Å². The molecule has 1 aromatic rings. The minimum absolute atomic E-state index is 0.0144. The van der Waals surface area contributed by atoms with E-state index < -0.39 is 0 Å². The van der Waals surface area contributed by atoms with Crippen molar-refractivity contribution in [3.8, 4) is 0 Å². The summed E-state index contributed by atoms with van der Waals surface area (Å²) in [4.78, 5) is 15.0. The van der Waals surface area contributed by atoms with Crippen LogP contribution in [0, 0.1) is 0 Å². The van der Waals surface area contributed by atoms with Gasteiger partial charge in [0.1, 0.15) is 0 Å². The number of thiazole rings is 1. The van der Waals surface area contributed by atoms with Gasteiger partial charge in [-0.05, 0) is 6.92 Å². The molecule has 0 fully saturated rings. The minimum Gasteiger partial charge on any atom is -0.356 e. The molecular weight excluding hydrogens is 196 g/mol. The number of nitrogens with zero attached hydrogens (tertiary/aromatic N) is 1. The summed E-state index contributed by atoms with van der Waals surface area (Å²) in [6.07, 6.45) is 0.317. The molecule has 66 valence electrons. The lowest BCUT2D eigenvalue weighted by atomic mass is 10.3. The Labute approximate surface area is 79.8 Å². The number of nitrogens with one attached hydrogen (secondary N) is 1. The summed E-state index contributed by atoms with van der Waals surface area (Å²) < 4.78 is 0.481. The summed E-state index contributed by atoms with van der Waals surface area (Å²) in [6.45, 7) is 2.53. The molecule has 0 atom stereocenters. The first-order chi connectivity index (χ1) is 5.72. The molecule has 0 bridgehead atoms. The molecule has 1 heterocycles. The van der Waals surface area contributed by atoms with Gasteiger partial charge in [-0.3, -0.25) is 4.79 Å². The summed E-state index contributed by atoms with van der Waals surface area (Å²) in [5.41, 5.74) is 0.732. The zero-order valence-electron chi connectivity index (χ0n) is 6.63. The number of hydrogen-bond acceptors (Lipinski definition) is 3. The van der Waals surface area contributed by atoms with E-state index in [0.29, 0.717) is 17.4 Å². The van der Waals surface area contributed by atoms with Crippen LogP contribution >= 0.6 is 22.9 Å². The highest BCUT2D eigenvalue weighted by Crippen LogP contribution is 2.14. The number of aromatic nitrogens is 1. The smallest absolute Gasteiger partial charge is 0.226 e. The number of likely N-dealkylation sites (N-methyl/N-ethyl adjacent to an activating group) is 1. The average Bonchev–Trinajstić information content (AvgIpc) is 2.36. The first-order valence-electron chi connectivity index (χ1n) is 3.59. The highest BCUT2D eigenvalue weighted by Gasteiger charge is 2.04. The Balaban J connectivity index is 2.46. The molecule has 1 N–H and O–H groups in total. The van der Waals surface area contributed by atoms with Crippen molar-refractivity contribution in [2.75, 3.05) is 6.54 Å². The van der Waals surface area contributed by atoms with E-state index in [9.17, 15) is 4.79 Å². The van der Waals surface area contributed by atoms with Gasteiger partial charge in [-0.2, -0.15) is 0 Å². The normalized spacial score (nSPS) is 9.83. The molecule has 0 radical (unpaired) electrons. The van der Waals surface area contributed by atoms with E-state index in [1.54, 1.807) is 5.38 Å². The maximum absolute atomic E-state index is 11.0. The van der Waals surface area contributed by atoms with E-state index in [2.05, 4.69) is 10.3 Å². The third-order valence-corrected chi connectivity index (χ3v) is 2.27. The predicted octanol–water partition coefficient (Wildman–Crippen LogP) is 1.48. The fraction of sp³-hybridized carbons (Fsp3) is 0.429. The van der Waals surface area contributed by atoms with Crippen LogP contribution in [0.4, 0.5) is 0 Å². The van der Waals surface area contributed by atoms with Crippen LogP contribution in [0.3, 0.4) is 0 Å². The van der Waals surface area contributed by atoms with Crippen molar-refractivity contribution >= 4 is 28.8 Å². The lowest BCUT2D eigenvalue weighted by molar-refractivity contribution is -0.120. The Hall–Kier alpha value is -0.610. The molecule has 3 nitrogen and oxygen atoms in total. The molecule has 0 aliphatic rings. The fourth-order valence-electron chi connectivity index (χ4n) is 0.788. The summed E-state index contributed by atoms with van der Waals surface area (Å²) in [7, 11) is 0. The number of rotatable bonds is 3. The van der Waals surface area contributed by atoms with Crippen LogP contribution in [0.1, 0.15) is 12.6 Å². The quantitative estimate of drug-likeness (QED) is 0.811. The molecule has 12 heavy (non-hydrogen) atoms.